The molecule has 0 aromatic heterocycles. The van der Waals surface area contributed by atoms with E-state index < -0.39 is 0 Å². The summed E-state index contributed by atoms with van der Waals surface area (Å²) >= 11 is 0. The number of hydrogen-bond acceptors (Lipinski definition) is 3. The highest BCUT2D eigenvalue weighted by molar-refractivity contribution is 4.68. The van der Waals surface area contributed by atoms with Crippen LogP contribution in [-0.2, 0) is 4.74 Å². The maximum Gasteiger partial charge on any atom is 0.0587 e. The van der Waals surface area contributed by atoms with Gasteiger partial charge in [0, 0.05) is 19.7 Å². The average Bonchev–Trinajstić information content (AvgIpc) is 2.83. The Kier molecular flexibility index (Phi) is 5.59. The van der Waals surface area contributed by atoms with E-state index in [-0.39, 0.29) is 0 Å². The topological polar surface area (TPSA) is 24.5 Å². The summed E-state index contributed by atoms with van der Waals surface area (Å²) in [6.45, 7) is 7.11. The van der Waals surface area contributed by atoms with Crippen LogP contribution in [0.15, 0.2) is 0 Å². The first kappa shape index (κ1) is 12.3. The largest absolute Gasteiger partial charge is 0.378 e. The van der Waals surface area contributed by atoms with Gasteiger partial charge in [-0.1, -0.05) is 0 Å². The second-order valence-electron chi connectivity index (χ2n) is 5.08. The van der Waals surface area contributed by atoms with Crippen molar-refractivity contribution in [1.29, 1.82) is 0 Å². The molecule has 2 aliphatic heterocycles. The van der Waals surface area contributed by atoms with Gasteiger partial charge >= 0.3 is 0 Å². The van der Waals surface area contributed by atoms with Crippen LogP contribution < -0.4 is 5.32 Å². The molecular weight excluding hydrogens is 200 g/mol. The monoisotopic (exact) mass is 226 g/mol. The lowest BCUT2D eigenvalue weighted by molar-refractivity contribution is 0.0115. The van der Waals surface area contributed by atoms with Gasteiger partial charge in [0.1, 0.15) is 0 Å². The first-order valence-corrected chi connectivity index (χ1v) is 7.00. The van der Waals surface area contributed by atoms with E-state index in [1.165, 1.54) is 58.2 Å². The molecule has 0 amide bonds. The Morgan fingerprint density at radius 1 is 1.06 bits per heavy atom. The summed E-state index contributed by atoms with van der Waals surface area (Å²) in [5.74, 6) is 0. The van der Waals surface area contributed by atoms with Crippen LogP contribution in [0.2, 0.25) is 0 Å². The second kappa shape index (κ2) is 7.25. The third-order valence-electron chi connectivity index (χ3n) is 3.72. The maximum absolute atomic E-state index is 5.71. The molecule has 0 spiro atoms. The maximum atomic E-state index is 5.71. The molecule has 0 saturated carbocycles. The van der Waals surface area contributed by atoms with Gasteiger partial charge in [-0.25, -0.2) is 0 Å². The van der Waals surface area contributed by atoms with Crippen LogP contribution in [0.5, 0.6) is 0 Å². The van der Waals surface area contributed by atoms with Gasteiger partial charge < -0.3 is 15.0 Å². The molecule has 0 aromatic rings. The van der Waals surface area contributed by atoms with E-state index in [4.69, 9.17) is 4.74 Å². The predicted molar refractivity (Wildman–Crippen MR) is 66.8 cm³/mol. The fraction of sp³-hybridized carbons (Fsp3) is 1.00. The number of nitrogens with zero attached hydrogens (tertiary/aromatic N) is 1. The fourth-order valence-corrected chi connectivity index (χ4v) is 2.67. The standard InChI is InChI=1S/C13H26N2O/c1-4-12-16-13(5-1)6-7-14-8-11-15-9-2-3-10-15/h13-14H,1-12H2. The van der Waals surface area contributed by atoms with Crippen LogP contribution in [0.3, 0.4) is 0 Å². The van der Waals surface area contributed by atoms with E-state index in [0.717, 1.165) is 19.7 Å². The Labute approximate surface area is 99.5 Å². The zero-order chi connectivity index (χ0) is 11.1. The molecule has 1 N–H and O–H groups in total. The molecule has 0 radical (unpaired) electrons. The summed E-state index contributed by atoms with van der Waals surface area (Å²) < 4.78 is 5.71. The Bertz CT molecular complexity index is 175. The van der Waals surface area contributed by atoms with E-state index in [9.17, 15) is 0 Å². The van der Waals surface area contributed by atoms with Gasteiger partial charge in [0.15, 0.2) is 0 Å². The van der Waals surface area contributed by atoms with Gasteiger partial charge in [-0.3, -0.25) is 0 Å². The predicted octanol–water partition coefficient (Wildman–Crippen LogP) is 1.63. The third-order valence-corrected chi connectivity index (χ3v) is 3.72. The smallest absolute Gasteiger partial charge is 0.0587 e. The molecule has 1 unspecified atom stereocenters. The van der Waals surface area contributed by atoms with Gasteiger partial charge in [0.05, 0.1) is 6.10 Å². The third kappa shape index (κ3) is 4.40. The molecule has 0 aliphatic carbocycles. The number of ether oxygens (including phenoxy) is 1. The summed E-state index contributed by atoms with van der Waals surface area (Å²) in [6.07, 6.45) is 8.42. The van der Waals surface area contributed by atoms with Crippen LogP contribution in [-0.4, -0.2) is 50.3 Å². The van der Waals surface area contributed by atoms with Gasteiger partial charge in [-0.2, -0.15) is 0 Å². The van der Waals surface area contributed by atoms with Gasteiger partial charge in [0.25, 0.3) is 0 Å². The van der Waals surface area contributed by atoms with Crippen LogP contribution in [0, 0.1) is 0 Å². The normalized spacial score (nSPS) is 27.4. The first-order chi connectivity index (χ1) is 7.95. The Morgan fingerprint density at radius 3 is 2.69 bits per heavy atom. The van der Waals surface area contributed by atoms with Crippen molar-refractivity contribution in [1.82, 2.24) is 10.2 Å². The van der Waals surface area contributed by atoms with Crippen LogP contribution in [0.1, 0.15) is 38.5 Å². The molecule has 1 atom stereocenters. The number of likely N-dealkylation sites (tertiary alicyclic amines) is 1. The van der Waals surface area contributed by atoms with E-state index in [2.05, 4.69) is 10.2 Å². The molecule has 2 aliphatic rings. The molecular formula is C13H26N2O. The zero-order valence-electron chi connectivity index (χ0n) is 10.4. The Hall–Kier alpha value is -0.120. The van der Waals surface area contributed by atoms with E-state index in [1.807, 2.05) is 0 Å². The van der Waals surface area contributed by atoms with Crippen molar-refractivity contribution in [3.63, 3.8) is 0 Å². The minimum absolute atomic E-state index is 0.535. The highest BCUT2D eigenvalue weighted by Gasteiger charge is 2.13. The number of nitrogens with one attached hydrogen (secondary N) is 1. The van der Waals surface area contributed by atoms with E-state index in [0.29, 0.717) is 6.10 Å². The molecule has 2 fully saturated rings. The second-order valence-corrected chi connectivity index (χ2v) is 5.08. The molecule has 3 heteroatoms. The van der Waals surface area contributed by atoms with E-state index in [1.54, 1.807) is 0 Å². The lowest BCUT2D eigenvalue weighted by Crippen LogP contribution is -2.32. The number of rotatable bonds is 6. The van der Waals surface area contributed by atoms with Crippen LogP contribution in [0.4, 0.5) is 0 Å². The molecule has 2 saturated heterocycles. The Balaban J connectivity index is 1.42. The summed E-state index contributed by atoms with van der Waals surface area (Å²) in [4.78, 5) is 2.56. The molecule has 16 heavy (non-hydrogen) atoms. The zero-order valence-corrected chi connectivity index (χ0v) is 10.4. The quantitative estimate of drug-likeness (QED) is 0.697. The van der Waals surface area contributed by atoms with Gasteiger partial charge in [-0.15, -0.1) is 0 Å². The molecule has 2 rings (SSSR count). The van der Waals surface area contributed by atoms with Crippen molar-refractivity contribution in [2.24, 2.45) is 0 Å². The first-order valence-electron chi connectivity index (χ1n) is 7.00. The molecule has 3 nitrogen and oxygen atoms in total. The van der Waals surface area contributed by atoms with Gasteiger partial charge in [0.2, 0.25) is 0 Å². The van der Waals surface area contributed by atoms with Gasteiger partial charge in [-0.05, 0) is 58.2 Å². The van der Waals surface area contributed by atoms with Crippen molar-refractivity contribution in [2.75, 3.05) is 39.3 Å². The highest BCUT2D eigenvalue weighted by Crippen LogP contribution is 2.14. The summed E-state index contributed by atoms with van der Waals surface area (Å²) in [5.41, 5.74) is 0. The minimum atomic E-state index is 0.535. The van der Waals surface area contributed by atoms with Crippen LogP contribution >= 0.6 is 0 Å². The minimum Gasteiger partial charge on any atom is -0.378 e. The summed E-state index contributed by atoms with van der Waals surface area (Å²) in [7, 11) is 0. The van der Waals surface area contributed by atoms with Crippen molar-refractivity contribution >= 4 is 0 Å². The van der Waals surface area contributed by atoms with Crippen molar-refractivity contribution in [2.45, 2.75) is 44.6 Å². The van der Waals surface area contributed by atoms with Crippen molar-refractivity contribution in [3.8, 4) is 0 Å². The Morgan fingerprint density at radius 2 is 1.94 bits per heavy atom. The van der Waals surface area contributed by atoms with Crippen molar-refractivity contribution in [3.05, 3.63) is 0 Å². The van der Waals surface area contributed by atoms with Crippen molar-refractivity contribution < 1.29 is 4.74 Å². The molecule has 2 heterocycles. The van der Waals surface area contributed by atoms with Crippen LogP contribution in [0.25, 0.3) is 0 Å². The molecule has 0 bridgehead atoms. The SMILES string of the molecule is C1CCC(CCNCCN2CCCC2)OC1. The molecule has 0 aromatic carbocycles. The number of hydrogen-bond donors (Lipinski definition) is 1. The lowest BCUT2D eigenvalue weighted by atomic mass is 10.1. The summed E-state index contributed by atoms with van der Waals surface area (Å²) in [6, 6.07) is 0. The highest BCUT2D eigenvalue weighted by atomic mass is 16.5. The average molecular weight is 226 g/mol. The summed E-state index contributed by atoms with van der Waals surface area (Å²) in [5, 5.41) is 3.54. The fourth-order valence-electron chi connectivity index (χ4n) is 2.67. The lowest BCUT2D eigenvalue weighted by Gasteiger charge is -2.22. The van der Waals surface area contributed by atoms with E-state index >= 15 is 0 Å². The molecule has 94 valence electrons.